The molecule has 0 aliphatic rings. The maximum atomic E-state index is 12.8. The van der Waals surface area contributed by atoms with E-state index in [1.165, 1.54) is 0 Å². The summed E-state index contributed by atoms with van der Waals surface area (Å²) in [7, 11) is -1.88. The molecule has 2 aromatic carbocycles. The van der Waals surface area contributed by atoms with Crippen molar-refractivity contribution in [2.45, 2.75) is 71.7 Å². The quantitative estimate of drug-likeness (QED) is 0.329. The fraction of sp³-hybridized carbons (Fsp3) is 0.407. The van der Waals surface area contributed by atoms with Crippen LogP contribution in [0.5, 0.6) is 0 Å². The molecule has 0 bridgehead atoms. The molecule has 6 nitrogen and oxygen atoms in total. The summed E-state index contributed by atoms with van der Waals surface area (Å²) >= 11 is 6.05. The maximum absolute atomic E-state index is 12.8. The average Bonchev–Trinajstić information content (AvgIpc) is 3.16. The minimum Gasteiger partial charge on any atom is -0.413 e. The summed E-state index contributed by atoms with van der Waals surface area (Å²) in [6.07, 6.45) is 0. The highest BCUT2D eigenvalue weighted by Crippen LogP contribution is 2.37. The summed E-state index contributed by atoms with van der Waals surface area (Å²) in [6.45, 7) is 18.0. The van der Waals surface area contributed by atoms with Crippen molar-refractivity contribution in [3.63, 3.8) is 0 Å². The predicted molar refractivity (Wildman–Crippen MR) is 148 cm³/mol. The van der Waals surface area contributed by atoms with Gasteiger partial charge in [-0.25, -0.2) is 9.48 Å². The molecule has 0 saturated carbocycles. The molecule has 0 fully saturated rings. The highest BCUT2D eigenvalue weighted by atomic mass is 35.5. The maximum Gasteiger partial charge on any atom is 0.324 e. The third-order valence-corrected chi connectivity index (χ3v) is 11.1. The summed E-state index contributed by atoms with van der Waals surface area (Å²) < 4.78 is 8.19. The van der Waals surface area contributed by atoms with Crippen molar-refractivity contribution in [1.82, 2.24) is 9.78 Å². The highest BCUT2D eigenvalue weighted by molar-refractivity contribution is 6.74. The largest absolute Gasteiger partial charge is 0.413 e. The summed E-state index contributed by atoms with van der Waals surface area (Å²) in [6, 6.07) is 16.7. The van der Waals surface area contributed by atoms with Gasteiger partial charge in [-0.1, -0.05) is 71.3 Å². The smallest absolute Gasteiger partial charge is 0.324 e. The molecule has 0 atom stereocenters. The topological polar surface area (TPSA) is 68.2 Å². The van der Waals surface area contributed by atoms with Crippen LogP contribution >= 0.6 is 11.6 Å². The van der Waals surface area contributed by atoms with Crippen LogP contribution < -0.4 is 10.6 Å². The standard InChI is InChI=1S/C27H37ClN4O2Si/c1-26(2,3)23-17-24(30-25(33)29-21-13-10-12-20(28)16-21)32(31-23)22-14-9-11-19(15-22)18-34-35(7,8)27(4,5)6/h9-17H,18H2,1-8H3,(H2,29,30,33). The number of halogens is 1. The van der Waals surface area contributed by atoms with Crippen LogP contribution in [-0.2, 0) is 16.4 Å². The van der Waals surface area contributed by atoms with E-state index in [4.69, 9.17) is 21.1 Å². The fourth-order valence-electron chi connectivity index (χ4n) is 3.14. The Balaban J connectivity index is 1.87. The SMILES string of the molecule is CC(C)(C)c1cc(NC(=O)Nc2cccc(Cl)c2)n(-c2cccc(CO[Si](C)(C)C(C)(C)C)c2)n1. The van der Waals surface area contributed by atoms with Gasteiger partial charge >= 0.3 is 6.03 Å². The summed E-state index contributed by atoms with van der Waals surface area (Å²) in [4.78, 5) is 12.8. The summed E-state index contributed by atoms with van der Waals surface area (Å²) in [5.41, 5.74) is 3.22. The van der Waals surface area contributed by atoms with Crippen molar-refractivity contribution in [3.8, 4) is 5.69 Å². The average molecular weight is 513 g/mol. The van der Waals surface area contributed by atoms with Crippen LogP contribution in [0.4, 0.5) is 16.3 Å². The van der Waals surface area contributed by atoms with Crippen molar-refractivity contribution < 1.29 is 9.22 Å². The van der Waals surface area contributed by atoms with Crippen LogP contribution in [0, 0.1) is 0 Å². The monoisotopic (exact) mass is 512 g/mol. The van der Waals surface area contributed by atoms with E-state index < -0.39 is 8.32 Å². The van der Waals surface area contributed by atoms with E-state index in [0.717, 1.165) is 16.9 Å². The number of rotatable bonds is 6. The molecule has 0 radical (unpaired) electrons. The van der Waals surface area contributed by atoms with E-state index in [1.54, 1.807) is 28.9 Å². The third-order valence-electron chi connectivity index (χ3n) is 6.36. The second kappa shape index (κ2) is 10.2. The first-order valence-electron chi connectivity index (χ1n) is 11.8. The molecule has 188 valence electrons. The molecule has 3 aromatic rings. The van der Waals surface area contributed by atoms with Crippen molar-refractivity contribution in [1.29, 1.82) is 0 Å². The van der Waals surface area contributed by atoms with Crippen molar-refractivity contribution >= 4 is 37.5 Å². The van der Waals surface area contributed by atoms with Crippen molar-refractivity contribution in [2.24, 2.45) is 0 Å². The van der Waals surface area contributed by atoms with E-state index in [0.29, 0.717) is 23.1 Å². The van der Waals surface area contributed by atoms with E-state index >= 15 is 0 Å². The first-order valence-corrected chi connectivity index (χ1v) is 15.1. The van der Waals surface area contributed by atoms with Gasteiger partial charge in [0.15, 0.2) is 8.32 Å². The van der Waals surface area contributed by atoms with Gasteiger partial charge in [-0.05, 0) is 54.0 Å². The molecule has 0 aliphatic carbocycles. The van der Waals surface area contributed by atoms with Gasteiger partial charge in [0.2, 0.25) is 0 Å². The van der Waals surface area contributed by atoms with Gasteiger partial charge in [-0.2, -0.15) is 5.10 Å². The summed E-state index contributed by atoms with van der Waals surface area (Å²) in [5.74, 6) is 0.580. The van der Waals surface area contributed by atoms with Crippen molar-refractivity contribution in [3.05, 3.63) is 70.9 Å². The number of carbonyl (C=O) groups is 1. The Kier molecular flexibility index (Phi) is 7.84. The molecule has 1 aromatic heterocycles. The highest BCUT2D eigenvalue weighted by Gasteiger charge is 2.37. The molecule has 0 unspecified atom stereocenters. The molecule has 0 aliphatic heterocycles. The van der Waals surface area contributed by atoms with Gasteiger partial charge < -0.3 is 9.74 Å². The van der Waals surface area contributed by atoms with E-state index in [2.05, 4.69) is 77.4 Å². The van der Waals surface area contributed by atoms with E-state index in [9.17, 15) is 4.79 Å². The molecule has 8 heteroatoms. The number of carbonyl (C=O) groups excluding carboxylic acids is 1. The lowest BCUT2D eigenvalue weighted by atomic mass is 9.92. The molecule has 0 spiro atoms. The van der Waals surface area contributed by atoms with Crippen molar-refractivity contribution in [2.75, 3.05) is 10.6 Å². The van der Waals surface area contributed by atoms with Crippen LogP contribution in [0.25, 0.3) is 5.69 Å². The molecule has 1 heterocycles. The number of nitrogens with one attached hydrogen (secondary N) is 2. The van der Waals surface area contributed by atoms with Crippen LogP contribution in [0.15, 0.2) is 54.6 Å². The second-order valence-corrected chi connectivity index (χ2v) is 16.6. The first kappa shape index (κ1) is 27.0. The molecular formula is C27H37ClN4O2Si. The number of aromatic nitrogens is 2. The number of benzene rings is 2. The summed E-state index contributed by atoms with van der Waals surface area (Å²) in [5, 5.41) is 11.3. The molecule has 2 amide bonds. The first-order chi connectivity index (χ1) is 16.2. The van der Waals surface area contributed by atoms with Gasteiger partial charge in [-0.3, -0.25) is 5.32 Å². The van der Waals surface area contributed by atoms with Gasteiger partial charge in [0.25, 0.3) is 0 Å². The lowest BCUT2D eigenvalue weighted by molar-refractivity contribution is 0.262. The van der Waals surface area contributed by atoms with Crippen LogP contribution in [0.1, 0.15) is 52.8 Å². The number of hydrogen-bond donors (Lipinski definition) is 2. The Bertz CT molecular complexity index is 1190. The Morgan fingerprint density at radius 2 is 1.69 bits per heavy atom. The second-order valence-electron chi connectivity index (χ2n) is 11.4. The Morgan fingerprint density at radius 3 is 2.31 bits per heavy atom. The third kappa shape index (κ3) is 6.96. The minimum absolute atomic E-state index is 0.141. The molecule has 3 rings (SSSR count). The lowest BCUT2D eigenvalue weighted by Crippen LogP contribution is -2.40. The number of nitrogens with zero attached hydrogens (tertiary/aromatic N) is 2. The zero-order chi connectivity index (χ0) is 26.0. The van der Waals surface area contributed by atoms with E-state index in [-0.39, 0.29) is 16.5 Å². The Morgan fingerprint density at radius 1 is 1.00 bits per heavy atom. The molecular weight excluding hydrogens is 476 g/mol. The number of amides is 2. The lowest BCUT2D eigenvalue weighted by Gasteiger charge is -2.36. The fourth-order valence-corrected chi connectivity index (χ4v) is 4.29. The molecule has 35 heavy (non-hydrogen) atoms. The zero-order valence-corrected chi connectivity index (χ0v) is 23.7. The number of hydrogen-bond acceptors (Lipinski definition) is 3. The molecule has 0 saturated heterocycles. The van der Waals surface area contributed by atoms with Gasteiger partial charge in [-0.15, -0.1) is 0 Å². The van der Waals surface area contributed by atoms with Crippen LogP contribution in [0.2, 0.25) is 23.2 Å². The van der Waals surface area contributed by atoms with Gasteiger partial charge in [0.1, 0.15) is 5.82 Å². The van der Waals surface area contributed by atoms with Crippen LogP contribution in [0.3, 0.4) is 0 Å². The number of anilines is 2. The zero-order valence-electron chi connectivity index (χ0n) is 22.0. The Hall–Kier alpha value is -2.61. The molecule has 2 N–H and O–H groups in total. The van der Waals surface area contributed by atoms with Gasteiger partial charge in [0, 0.05) is 22.2 Å². The van der Waals surface area contributed by atoms with Gasteiger partial charge in [0.05, 0.1) is 18.0 Å². The predicted octanol–water partition coefficient (Wildman–Crippen LogP) is 7.99. The van der Waals surface area contributed by atoms with E-state index in [1.807, 2.05) is 18.2 Å². The minimum atomic E-state index is -1.88. The normalized spacial score (nSPS) is 12.5. The van der Waals surface area contributed by atoms with Crippen LogP contribution in [-0.4, -0.2) is 24.1 Å². The Labute approximate surface area is 215 Å². The number of urea groups is 1.